The first kappa shape index (κ1) is 19.0. The van der Waals surface area contributed by atoms with Gasteiger partial charge in [0.15, 0.2) is 6.29 Å². The zero-order chi connectivity index (χ0) is 18.6. The maximum Gasteiger partial charge on any atom is 0.210 e. The lowest BCUT2D eigenvalue weighted by Gasteiger charge is -2.45. The molecule has 25 heavy (non-hydrogen) atoms. The van der Waals surface area contributed by atoms with Crippen LogP contribution < -0.4 is 0 Å². The smallest absolute Gasteiger partial charge is 0.210 e. The number of aliphatic hydroxyl groups excluding tert-OH is 5. The second-order valence-electron chi connectivity index (χ2n) is 7.08. The Balaban J connectivity index is 1.81. The van der Waals surface area contributed by atoms with Crippen molar-refractivity contribution in [3.05, 3.63) is 12.3 Å². The maximum atomic E-state index is 10.7. The first-order valence-corrected chi connectivity index (χ1v) is 8.04. The number of ether oxygens (including phenoxy) is 3. The van der Waals surface area contributed by atoms with Gasteiger partial charge in [0.1, 0.15) is 30.0 Å². The topological polar surface area (TPSA) is 169 Å². The minimum Gasteiger partial charge on any atom is -0.472 e. The van der Waals surface area contributed by atoms with E-state index in [9.17, 15) is 35.7 Å². The average molecular weight is 364 g/mol. The van der Waals surface area contributed by atoms with E-state index in [-0.39, 0.29) is 6.42 Å². The van der Waals surface area contributed by atoms with Gasteiger partial charge < -0.3 is 50.0 Å². The summed E-state index contributed by atoms with van der Waals surface area (Å²) in [6.45, 7) is 0.783. The number of fused-ring (bicyclic) bond motifs is 1. The van der Waals surface area contributed by atoms with E-state index in [0.29, 0.717) is 0 Å². The Hall–Kier alpha value is -0.820. The number of hydrogen-bond acceptors (Lipinski definition) is 10. The second-order valence-corrected chi connectivity index (χ2v) is 7.08. The fourth-order valence-electron chi connectivity index (χ4n) is 3.84. The molecule has 0 radical (unpaired) electrons. The molecule has 1 aliphatic carbocycles. The Morgan fingerprint density at radius 1 is 1.08 bits per heavy atom. The van der Waals surface area contributed by atoms with Gasteiger partial charge in [0.25, 0.3) is 0 Å². The lowest BCUT2D eigenvalue weighted by atomic mass is 9.81. The molecule has 0 aromatic carbocycles. The van der Waals surface area contributed by atoms with Gasteiger partial charge in [0.05, 0.1) is 30.5 Å². The normalized spacial score (nSPS) is 55.7. The number of hydrogen-bond donors (Lipinski definition) is 7. The Bertz CT molecular complexity index is 522. The molecule has 0 spiro atoms. The molecule has 0 bridgehead atoms. The van der Waals surface area contributed by atoms with Crippen LogP contribution in [0.4, 0.5) is 0 Å². The third kappa shape index (κ3) is 2.97. The highest BCUT2D eigenvalue weighted by Crippen LogP contribution is 2.49. The van der Waals surface area contributed by atoms with E-state index in [2.05, 4.69) is 0 Å². The van der Waals surface area contributed by atoms with Crippen LogP contribution in [0.5, 0.6) is 0 Å². The lowest BCUT2D eigenvalue weighted by molar-refractivity contribution is -0.351. The van der Waals surface area contributed by atoms with Gasteiger partial charge in [0.2, 0.25) is 6.29 Å². The molecule has 0 amide bonds. The van der Waals surface area contributed by atoms with E-state index in [4.69, 9.17) is 14.2 Å². The van der Waals surface area contributed by atoms with Gasteiger partial charge in [-0.25, -0.2) is 0 Å². The second kappa shape index (κ2) is 6.41. The summed E-state index contributed by atoms with van der Waals surface area (Å²) in [5.74, 6) is -1.10. The van der Waals surface area contributed by atoms with Gasteiger partial charge >= 0.3 is 0 Å². The summed E-state index contributed by atoms with van der Waals surface area (Å²) < 4.78 is 16.0. The summed E-state index contributed by atoms with van der Waals surface area (Å²) in [5, 5.41) is 70.2. The fraction of sp³-hybridized carbons (Fsp3) is 0.867. The van der Waals surface area contributed by atoms with E-state index in [1.54, 1.807) is 0 Å². The van der Waals surface area contributed by atoms with Gasteiger partial charge in [-0.15, -0.1) is 0 Å². The minimum absolute atomic E-state index is 0.129. The molecule has 144 valence electrons. The van der Waals surface area contributed by atoms with Gasteiger partial charge in [-0.2, -0.15) is 0 Å². The molecule has 10 atom stereocenters. The highest BCUT2D eigenvalue weighted by molar-refractivity contribution is 5.21. The van der Waals surface area contributed by atoms with Crippen molar-refractivity contribution in [1.82, 2.24) is 0 Å². The molecule has 2 fully saturated rings. The fourth-order valence-corrected chi connectivity index (χ4v) is 3.84. The Labute approximate surface area is 143 Å². The van der Waals surface area contributed by atoms with Crippen molar-refractivity contribution in [2.45, 2.75) is 67.6 Å². The van der Waals surface area contributed by atoms with Crippen LogP contribution in [-0.2, 0) is 14.2 Å². The molecular formula is C15H24O10. The summed E-state index contributed by atoms with van der Waals surface area (Å²) in [4.78, 5) is 0. The molecule has 0 aromatic heterocycles. The lowest BCUT2D eigenvalue weighted by Crippen LogP contribution is -2.61. The first-order chi connectivity index (χ1) is 11.6. The summed E-state index contributed by atoms with van der Waals surface area (Å²) in [5.41, 5.74) is -3.35. The Kier molecular flexibility index (Phi) is 4.86. The van der Waals surface area contributed by atoms with E-state index in [1.165, 1.54) is 13.0 Å². The third-order valence-electron chi connectivity index (χ3n) is 5.25. The molecule has 1 saturated carbocycles. The monoisotopic (exact) mass is 364 g/mol. The number of rotatable bonds is 3. The molecule has 2 aliphatic heterocycles. The highest BCUT2D eigenvalue weighted by atomic mass is 16.8. The molecule has 3 rings (SSSR count). The molecule has 1 saturated heterocycles. The predicted molar refractivity (Wildman–Crippen MR) is 78.6 cm³/mol. The van der Waals surface area contributed by atoms with Crippen LogP contribution in [0.3, 0.4) is 0 Å². The van der Waals surface area contributed by atoms with Gasteiger partial charge in [-0.3, -0.25) is 0 Å². The first-order valence-electron chi connectivity index (χ1n) is 8.04. The van der Waals surface area contributed by atoms with Crippen LogP contribution in [-0.4, -0.2) is 96.7 Å². The zero-order valence-electron chi connectivity index (χ0n) is 13.5. The van der Waals surface area contributed by atoms with Crippen LogP contribution in [0.2, 0.25) is 0 Å². The SMILES string of the molecule is C[C@]1(O)C[C@@H](O)[C@]2(O)C=CO[C@H](O[C@H]3O[C@H](CO)[C@H](O)[C@@H](O)[C@H]3O)[C@@H]21. The summed E-state index contributed by atoms with van der Waals surface area (Å²) >= 11 is 0. The van der Waals surface area contributed by atoms with Crippen molar-refractivity contribution in [2.24, 2.45) is 5.92 Å². The van der Waals surface area contributed by atoms with Crippen LogP contribution in [0.1, 0.15) is 13.3 Å². The molecule has 2 heterocycles. The highest BCUT2D eigenvalue weighted by Gasteiger charge is 2.64. The minimum atomic E-state index is -1.81. The quantitative estimate of drug-likeness (QED) is 0.267. The molecule has 3 aliphatic rings. The van der Waals surface area contributed by atoms with Crippen molar-refractivity contribution < 1.29 is 50.0 Å². The molecule has 7 N–H and O–H groups in total. The van der Waals surface area contributed by atoms with Crippen molar-refractivity contribution in [2.75, 3.05) is 6.61 Å². The van der Waals surface area contributed by atoms with E-state index < -0.39 is 66.8 Å². The Morgan fingerprint density at radius 3 is 2.40 bits per heavy atom. The van der Waals surface area contributed by atoms with Crippen molar-refractivity contribution >= 4 is 0 Å². The van der Waals surface area contributed by atoms with Crippen LogP contribution in [0.25, 0.3) is 0 Å². The largest absolute Gasteiger partial charge is 0.472 e. The van der Waals surface area contributed by atoms with Crippen LogP contribution in [0, 0.1) is 5.92 Å². The van der Waals surface area contributed by atoms with E-state index >= 15 is 0 Å². The maximum absolute atomic E-state index is 10.7. The van der Waals surface area contributed by atoms with Crippen molar-refractivity contribution in [1.29, 1.82) is 0 Å². The van der Waals surface area contributed by atoms with Crippen molar-refractivity contribution in [3.8, 4) is 0 Å². The van der Waals surface area contributed by atoms with E-state index in [1.807, 2.05) is 0 Å². The average Bonchev–Trinajstić information content (AvgIpc) is 2.73. The molecular weight excluding hydrogens is 340 g/mol. The van der Waals surface area contributed by atoms with E-state index in [0.717, 1.165) is 6.26 Å². The Morgan fingerprint density at radius 2 is 1.76 bits per heavy atom. The zero-order valence-corrected chi connectivity index (χ0v) is 13.5. The van der Waals surface area contributed by atoms with Gasteiger partial charge in [-0.1, -0.05) is 0 Å². The number of aliphatic hydroxyl groups is 7. The van der Waals surface area contributed by atoms with Crippen LogP contribution >= 0.6 is 0 Å². The summed E-state index contributed by atoms with van der Waals surface area (Å²) in [6, 6.07) is 0. The van der Waals surface area contributed by atoms with Gasteiger partial charge in [0, 0.05) is 6.42 Å². The molecule has 0 aromatic rings. The summed E-state index contributed by atoms with van der Waals surface area (Å²) in [7, 11) is 0. The van der Waals surface area contributed by atoms with Gasteiger partial charge in [-0.05, 0) is 13.0 Å². The summed E-state index contributed by atoms with van der Waals surface area (Å²) in [6.07, 6.45) is -7.87. The third-order valence-corrected chi connectivity index (χ3v) is 5.25. The molecule has 10 heteroatoms. The predicted octanol–water partition coefficient (Wildman–Crippen LogP) is -3.46. The standard InChI is InChI=1S/C15H24O10/c1-14(21)4-7(17)15(22)2-3-23-13(11(14)15)25-12-10(20)9(19)8(18)6(5-16)24-12/h2-3,6-13,16-22H,4-5H2,1H3/t6-,7-,8+,9-,10-,11-,12-,13-,14+,15-/m1/s1. The molecule has 10 nitrogen and oxygen atoms in total. The van der Waals surface area contributed by atoms with Crippen molar-refractivity contribution in [3.63, 3.8) is 0 Å². The van der Waals surface area contributed by atoms with Crippen LogP contribution in [0.15, 0.2) is 12.3 Å². The molecule has 0 unspecified atom stereocenters.